The Bertz CT molecular complexity index is 1220. The zero-order chi connectivity index (χ0) is 25.3. The molecule has 3 atom stereocenters. The van der Waals surface area contributed by atoms with Crippen molar-refractivity contribution < 1.29 is 31.5 Å². The van der Waals surface area contributed by atoms with Crippen molar-refractivity contribution in [2.75, 3.05) is 5.32 Å². The van der Waals surface area contributed by atoms with Crippen LogP contribution in [0.4, 0.5) is 23.2 Å². The monoisotopic (exact) mass is 500 g/mol. The number of nitrogens with one attached hydrogen (secondary N) is 1. The summed E-state index contributed by atoms with van der Waals surface area (Å²) < 4.78 is 74.5. The topological polar surface area (TPSA) is 121 Å². The Morgan fingerprint density at radius 2 is 1.94 bits per heavy atom. The summed E-state index contributed by atoms with van der Waals surface area (Å²) in [6.45, 7) is 4.53. The van der Waals surface area contributed by atoms with Gasteiger partial charge in [-0.3, -0.25) is 23.9 Å². The number of benzene rings is 1. The van der Waals surface area contributed by atoms with Crippen LogP contribution in [-0.4, -0.2) is 35.8 Å². The number of aliphatic imine (C=N–C) groups is 1. The number of aromatic nitrogens is 1. The van der Waals surface area contributed by atoms with Gasteiger partial charge in [0.15, 0.2) is 0 Å². The van der Waals surface area contributed by atoms with E-state index in [0.29, 0.717) is 19.0 Å². The van der Waals surface area contributed by atoms with Crippen LogP contribution in [0, 0.1) is 12.7 Å². The number of alkyl halides is 3. The lowest BCUT2D eigenvalue weighted by atomic mass is 9.86. The molecule has 0 spiro atoms. The van der Waals surface area contributed by atoms with Gasteiger partial charge in [-0.2, -0.15) is 23.8 Å². The van der Waals surface area contributed by atoms with Gasteiger partial charge in [-0.25, -0.2) is 4.39 Å². The van der Waals surface area contributed by atoms with E-state index < -0.39 is 49.6 Å². The van der Waals surface area contributed by atoms with Crippen molar-refractivity contribution in [1.29, 1.82) is 0 Å². The largest absolute Gasteiger partial charge is 0.417 e. The number of fused-ring (bicyclic) bond motifs is 2. The van der Waals surface area contributed by atoms with E-state index in [1.54, 1.807) is 13.8 Å². The fourth-order valence-electron chi connectivity index (χ4n) is 4.74. The van der Waals surface area contributed by atoms with Gasteiger partial charge in [0, 0.05) is 17.4 Å². The van der Waals surface area contributed by atoms with E-state index in [0.717, 1.165) is 12.1 Å². The molecule has 12 heteroatoms. The van der Waals surface area contributed by atoms with Gasteiger partial charge in [-0.05, 0) is 63.4 Å². The van der Waals surface area contributed by atoms with Crippen LogP contribution in [0.2, 0.25) is 0 Å². The third-order valence-electron chi connectivity index (χ3n) is 6.86. The summed E-state index contributed by atoms with van der Waals surface area (Å²) in [6.07, 6.45) is -3.27. The highest BCUT2D eigenvalue weighted by atomic mass is 32.3. The summed E-state index contributed by atoms with van der Waals surface area (Å²) in [5.41, 5.74) is 3.69. The second kappa shape index (κ2) is 7.65. The second-order valence-corrected chi connectivity index (χ2v) is 11.7. The van der Waals surface area contributed by atoms with E-state index in [-0.39, 0.29) is 28.3 Å². The van der Waals surface area contributed by atoms with Gasteiger partial charge in [0.2, 0.25) is 0 Å². The number of halogens is 4. The van der Waals surface area contributed by atoms with Crippen LogP contribution in [0.25, 0.3) is 0 Å². The molecule has 1 fully saturated rings. The Labute approximate surface area is 194 Å². The molecule has 34 heavy (non-hydrogen) atoms. The number of nitrogens with two attached hydrogens (primary N) is 1. The number of nitrogens with zero attached hydrogens (tertiary/aromatic N) is 2. The number of carbonyl (C=O) groups is 1. The summed E-state index contributed by atoms with van der Waals surface area (Å²) in [4.78, 5) is 20.8. The molecule has 1 saturated heterocycles. The van der Waals surface area contributed by atoms with E-state index in [1.165, 1.54) is 19.1 Å². The van der Waals surface area contributed by atoms with Crippen LogP contribution < -0.4 is 11.1 Å². The molecule has 0 unspecified atom stereocenters. The molecule has 2 aromatic rings. The lowest BCUT2D eigenvalue weighted by Crippen LogP contribution is -2.53. The van der Waals surface area contributed by atoms with Crippen molar-refractivity contribution in [3.05, 3.63) is 58.7 Å². The van der Waals surface area contributed by atoms with Crippen LogP contribution in [0.5, 0.6) is 0 Å². The van der Waals surface area contributed by atoms with E-state index in [4.69, 9.17) is 5.73 Å². The lowest BCUT2D eigenvalue weighted by Gasteiger charge is -2.54. The van der Waals surface area contributed by atoms with Crippen molar-refractivity contribution >= 4 is 28.0 Å². The summed E-state index contributed by atoms with van der Waals surface area (Å²) in [6, 6.07) is 4.52. The quantitative estimate of drug-likeness (QED) is 0.439. The van der Waals surface area contributed by atoms with Gasteiger partial charge in [-0.1, -0.05) is 0 Å². The van der Waals surface area contributed by atoms with Crippen LogP contribution in [0.15, 0.2) is 35.5 Å². The summed E-state index contributed by atoms with van der Waals surface area (Å²) in [5.74, 6) is -1.42. The van der Waals surface area contributed by atoms with E-state index in [1.807, 2.05) is 0 Å². The predicted molar refractivity (Wildman–Crippen MR) is 122 cm³/mol. The highest BCUT2D eigenvalue weighted by molar-refractivity contribution is 8.26. The third kappa shape index (κ3) is 3.55. The first kappa shape index (κ1) is 24.4. The van der Waals surface area contributed by atoms with Gasteiger partial charge in [0.25, 0.3) is 5.91 Å². The number of pyridine rings is 1. The molecule has 2 bridgehead atoms. The molecule has 2 aliphatic heterocycles. The first-order chi connectivity index (χ1) is 15.6. The van der Waals surface area contributed by atoms with Crippen LogP contribution in [-0.2, 0) is 11.7 Å². The average Bonchev–Trinajstić information content (AvgIpc) is 2.91. The van der Waals surface area contributed by atoms with Crippen LogP contribution >= 0.6 is 10.6 Å². The Balaban J connectivity index is 1.68. The van der Waals surface area contributed by atoms with E-state index in [9.17, 15) is 31.5 Å². The molecule has 0 aliphatic carbocycles. The fraction of sp³-hybridized carbons (Fsp3) is 0.409. The van der Waals surface area contributed by atoms with Gasteiger partial charge in [-0.15, -0.1) is 0 Å². The normalized spacial score (nSPS) is 28.9. The first-order valence-corrected chi connectivity index (χ1v) is 12.0. The summed E-state index contributed by atoms with van der Waals surface area (Å²) in [7, 11) is -3.26. The van der Waals surface area contributed by atoms with Gasteiger partial charge >= 0.3 is 6.18 Å². The number of hydrogen-bond donors (Lipinski definition) is 4. The Hall–Kier alpha value is -2.70. The number of amides is 1. The fourth-order valence-corrected chi connectivity index (χ4v) is 7.41. The smallest absolute Gasteiger partial charge is 0.386 e. The summed E-state index contributed by atoms with van der Waals surface area (Å²) in [5, 5.41) is 1.74. The molecule has 1 amide bonds. The SMILES string of the molecule is Cc1cc(C(F)(F)F)cnc1C(=O)Nc1ccc(F)c([C@@]2(C)N=C(N)[C@]3(C)CC[C@H]2S3(O)O)c1. The zero-order valence-electron chi connectivity index (χ0n) is 18.6. The third-order valence-corrected chi connectivity index (χ3v) is 10.1. The van der Waals surface area contributed by atoms with Crippen molar-refractivity contribution in [2.24, 2.45) is 10.7 Å². The highest BCUT2D eigenvalue weighted by Gasteiger charge is 2.62. The molecule has 0 radical (unpaired) electrons. The van der Waals surface area contributed by atoms with Gasteiger partial charge < -0.3 is 11.1 Å². The molecule has 3 heterocycles. The lowest BCUT2D eigenvalue weighted by molar-refractivity contribution is -0.137. The second-order valence-electron chi connectivity index (χ2n) is 9.03. The van der Waals surface area contributed by atoms with Gasteiger partial charge in [0.1, 0.15) is 27.6 Å². The molecule has 184 valence electrons. The predicted octanol–water partition coefficient (Wildman–Crippen LogP) is 5.06. The molecule has 4 rings (SSSR count). The highest BCUT2D eigenvalue weighted by Crippen LogP contribution is 2.71. The van der Waals surface area contributed by atoms with Crippen molar-refractivity contribution in [3.8, 4) is 0 Å². The molecule has 1 aromatic heterocycles. The minimum Gasteiger partial charge on any atom is -0.386 e. The molecule has 5 N–H and O–H groups in total. The Morgan fingerprint density at radius 1 is 1.26 bits per heavy atom. The standard InChI is InChI=1S/C22H24F4N4O3S/c1-11-8-12(22(24,25)26)10-28-17(11)18(31)29-13-4-5-15(23)14(9-13)21(3)16-6-7-20(2,19(27)30-21)34(16,32)33/h4-5,8-10,16,32-33H,6-7H2,1-3H3,(H2,27,30)(H,29,31)/t16-,20+,21-/m1/s1. The Kier molecular flexibility index (Phi) is 5.50. The maximum absolute atomic E-state index is 15.0. The number of rotatable bonds is 3. The molecule has 0 saturated carbocycles. The van der Waals surface area contributed by atoms with E-state index in [2.05, 4.69) is 15.3 Å². The van der Waals surface area contributed by atoms with Crippen LogP contribution in [0.1, 0.15) is 53.9 Å². The van der Waals surface area contributed by atoms with Crippen molar-refractivity contribution in [1.82, 2.24) is 4.98 Å². The maximum Gasteiger partial charge on any atom is 0.417 e. The zero-order valence-corrected chi connectivity index (χ0v) is 19.4. The Morgan fingerprint density at radius 3 is 2.56 bits per heavy atom. The number of hydrogen-bond acceptors (Lipinski definition) is 6. The number of amidine groups is 1. The summed E-state index contributed by atoms with van der Waals surface area (Å²) >= 11 is 0. The van der Waals surface area contributed by atoms with Crippen molar-refractivity contribution in [3.63, 3.8) is 0 Å². The first-order valence-electron chi connectivity index (χ1n) is 10.4. The molecule has 2 aliphatic rings. The average molecular weight is 501 g/mol. The van der Waals surface area contributed by atoms with Crippen LogP contribution in [0.3, 0.4) is 0 Å². The molecular formula is C22H24F4N4O3S. The molecule has 1 aromatic carbocycles. The van der Waals surface area contributed by atoms with E-state index >= 15 is 0 Å². The number of aryl methyl sites for hydroxylation is 1. The maximum atomic E-state index is 15.0. The van der Waals surface area contributed by atoms with Gasteiger partial charge in [0.05, 0.1) is 10.8 Å². The van der Waals surface area contributed by atoms with Crippen molar-refractivity contribution in [2.45, 2.75) is 55.3 Å². The number of carbonyl (C=O) groups excluding carboxylic acids is 1. The molecule has 7 nitrogen and oxygen atoms in total. The number of anilines is 1. The minimum atomic E-state index is -4.59. The minimum absolute atomic E-state index is 0.0132. The molecular weight excluding hydrogens is 476 g/mol.